The fraction of sp³-hybridized carbons (Fsp3) is 0.150. The lowest BCUT2D eigenvalue weighted by Crippen LogP contribution is -1.99. The SMILES string of the molecule is COc1cc(/C=C(\Sc2n[nH]c(C)n2)C(=O)O)ccc1OCc1ccccc1Cl. The van der Waals surface area contributed by atoms with Crippen molar-refractivity contribution >= 4 is 35.4 Å². The van der Waals surface area contributed by atoms with Crippen molar-refractivity contribution in [1.82, 2.24) is 15.2 Å². The fourth-order valence-electron chi connectivity index (χ4n) is 2.42. The Morgan fingerprint density at radius 2 is 2.07 bits per heavy atom. The zero-order valence-corrected chi connectivity index (χ0v) is 17.3. The topological polar surface area (TPSA) is 97.3 Å². The number of aryl methyl sites for hydroxylation is 1. The molecule has 0 aliphatic carbocycles. The first-order valence-electron chi connectivity index (χ1n) is 8.52. The number of aromatic amines is 1. The molecule has 0 aliphatic heterocycles. The van der Waals surface area contributed by atoms with Gasteiger partial charge in [0.25, 0.3) is 0 Å². The van der Waals surface area contributed by atoms with Crippen LogP contribution in [0, 0.1) is 6.92 Å². The van der Waals surface area contributed by atoms with Crippen molar-refractivity contribution in [3.05, 3.63) is 69.3 Å². The number of nitrogens with one attached hydrogen (secondary N) is 1. The lowest BCUT2D eigenvalue weighted by molar-refractivity contribution is -0.131. The van der Waals surface area contributed by atoms with E-state index in [4.69, 9.17) is 21.1 Å². The minimum Gasteiger partial charge on any atom is -0.493 e. The molecule has 150 valence electrons. The average Bonchev–Trinajstić information content (AvgIpc) is 3.12. The van der Waals surface area contributed by atoms with Gasteiger partial charge < -0.3 is 14.6 Å². The monoisotopic (exact) mass is 431 g/mol. The van der Waals surface area contributed by atoms with Crippen molar-refractivity contribution in [1.29, 1.82) is 0 Å². The predicted molar refractivity (Wildman–Crippen MR) is 111 cm³/mol. The number of hydrogen-bond acceptors (Lipinski definition) is 6. The summed E-state index contributed by atoms with van der Waals surface area (Å²) in [6, 6.07) is 12.6. The molecule has 0 aliphatic rings. The van der Waals surface area contributed by atoms with Gasteiger partial charge in [0, 0.05) is 10.6 Å². The highest BCUT2D eigenvalue weighted by Crippen LogP contribution is 2.32. The molecule has 0 atom stereocenters. The number of hydrogen-bond donors (Lipinski definition) is 2. The summed E-state index contributed by atoms with van der Waals surface area (Å²) in [5, 5.41) is 17.1. The van der Waals surface area contributed by atoms with Crippen LogP contribution in [0.4, 0.5) is 0 Å². The number of benzene rings is 2. The summed E-state index contributed by atoms with van der Waals surface area (Å²) in [5.74, 6) is 0.544. The average molecular weight is 432 g/mol. The number of halogens is 1. The number of carbonyl (C=O) groups is 1. The van der Waals surface area contributed by atoms with E-state index >= 15 is 0 Å². The van der Waals surface area contributed by atoms with Gasteiger partial charge in [-0.1, -0.05) is 35.9 Å². The highest BCUT2D eigenvalue weighted by molar-refractivity contribution is 8.04. The van der Waals surface area contributed by atoms with E-state index in [1.165, 1.54) is 13.2 Å². The summed E-state index contributed by atoms with van der Waals surface area (Å²) >= 11 is 7.12. The Hall–Kier alpha value is -2.97. The number of H-pyrrole nitrogens is 1. The maximum atomic E-state index is 11.6. The number of thioether (sulfide) groups is 1. The van der Waals surface area contributed by atoms with Gasteiger partial charge in [-0.25, -0.2) is 9.78 Å². The molecule has 7 nitrogen and oxygen atoms in total. The Morgan fingerprint density at radius 1 is 1.28 bits per heavy atom. The molecule has 3 rings (SSSR count). The van der Waals surface area contributed by atoms with Crippen molar-refractivity contribution in [3.63, 3.8) is 0 Å². The summed E-state index contributed by atoms with van der Waals surface area (Å²) in [4.78, 5) is 15.8. The first-order chi connectivity index (χ1) is 14.0. The Balaban J connectivity index is 1.80. The highest BCUT2D eigenvalue weighted by atomic mass is 35.5. The number of carboxylic acid groups (broad SMARTS) is 1. The van der Waals surface area contributed by atoms with Crippen LogP contribution in [0.25, 0.3) is 6.08 Å². The van der Waals surface area contributed by atoms with Crippen LogP contribution in [0.1, 0.15) is 17.0 Å². The van der Waals surface area contributed by atoms with Crippen LogP contribution in [0.2, 0.25) is 5.02 Å². The Bertz CT molecular complexity index is 1050. The number of nitrogens with zero attached hydrogens (tertiary/aromatic N) is 2. The molecular formula is C20H18ClN3O4S. The van der Waals surface area contributed by atoms with E-state index in [1.54, 1.807) is 31.2 Å². The second kappa shape index (κ2) is 9.49. The zero-order chi connectivity index (χ0) is 20.8. The molecule has 0 amide bonds. The summed E-state index contributed by atoms with van der Waals surface area (Å²) in [7, 11) is 1.52. The van der Waals surface area contributed by atoms with E-state index < -0.39 is 5.97 Å². The summed E-state index contributed by atoms with van der Waals surface area (Å²) in [6.45, 7) is 2.03. The van der Waals surface area contributed by atoms with Gasteiger partial charge in [-0.15, -0.1) is 5.10 Å². The molecule has 0 saturated heterocycles. The largest absolute Gasteiger partial charge is 0.493 e. The molecule has 0 radical (unpaired) electrons. The van der Waals surface area contributed by atoms with Gasteiger partial charge in [0.05, 0.1) is 7.11 Å². The van der Waals surface area contributed by atoms with E-state index in [1.807, 2.05) is 18.2 Å². The van der Waals surface area contributed by atoms with Crippen LogP contribution in [-0.2, 0) is 11.4 Å². The quantitative estimate of drug-likeness (QED) is 0.398. The second-order valence-corrected chi connectivity index (χ2v) is 7.33. The molecule has 2 N–H and O–H groups in total. The van der Waals surface area contributed by atoms with E-state index in [2.05, 4.69) is 15.2 Å². The lowest BCUT2D eigenvalue weighted by Gasteiger charge is -2.12. The van der Waals surface area contributed by atoms with Crippen LogP contribution in [-0.4, -0.2) is 33.4 Å². The van der Waals surface area contributed by atoms with Gasteiger partial charge in [-0.2, -0.15) is 0 Å². The minimum atomic E-state index is -1.07. The third-order valence-electron chi connectivity index (χ3n) is 3.82. The van der Waals surface area contributed by atoms with Crippen molar-refractivity contribution in [2.24, 2.45) is 0 Å². The zero-order valence-electron chi connectivity index (χ0n) is 15.7. The number of rotatable bonds is 8. The summed E-state index contributed by atoms with van der Waals surface area (Å²) in [5.41, 5.74) is 1.50. The molecule has 2 aromatic carbocycles. The van der Waals surface area contributed by atoms with Crippen molar-refractivity contribution in [2.45, 2.75) is 18.7 Å². The molecule has 0 fully saturated rings. The second-order valence-electron chi connectivity index (χ2n) is 5.91. The molecule has 3 aromatic rings. The number of aromatic nitrogens is 3. The molecule has 0 unspecified atom stereocenters. The molecular weight excluding hydrogens is 414 g/mol. The lowest BCUT2D eigenvalue weighted by atomic mass is 10.2. The van der Waals surface area contributed by atoms with Gasteiger partial charge in [0.2, 0.25) is 5.16 Å². The predicted octanol–water partition coefficient (Wildman–Crippen LogP) is 4.57. The van der Waals surface area contributed by atoms with E-state index in [-0.39, 0.29) is 11.5 Å². The molecule has 0 bridgehead atoms. The van der Waals surface area contributed by atoms with Gasteiger partial charge in [-0.3, -0.25) is 5.10 Å². The van der Waals surface area contributed by atoms with Crippen molar-refractivity contribution < 1.29 is 19.4 Å². The van der Waals surface area contributed by atoms with Crippen molar-refractivity contribution in [3.8, 4) is 11.5 Å². The van der Waals surface area contributed by atoms with E-state index in [0.29, 0.717) is 33.1 Å². The van der Waals surface area contributed by atoms with Gasteiger partial charge in [-0.05, 0) is 48.5 Å². The maximum Gasteiger partial charge on any atom is 0.342 e. The maximum absolute atomic E-state index is 11.6. The number of methoxy groups -OCH3 is 1. The molecule has 9 heteroatoms. The van der Waals surface area contributed by atoms with Crippen LogP contribution in [0.3, 0.4) is 0 Å². The van der Waals surface area contributed by atoms with Gasteiger partial charge in [0.15, 0.2) is 11.5 Å². The van der Waals surface area contributed by atoms with Crippen LogP contribution < -0.4 is 9.47 Å². The van der Waals surface area contributed by atoms with Crippen LogP contribution in [0.5, 0.6) is 11.5 Å². The standard InChI is InChI=1S/C20H18ClN3O4S/c1-12-22-20(24-23-12)29-18(19(25)26)10-13-7-8-16(17(9-13)27-2)28-11-14-5-3-4-6-15(14)21/h3-10H,11H2,1-2H3,(H,25,26)(H,22,23,24)/b18-10-. The summed E-state index contributed by atoms with van der Waals surface area (Å²) < 4.78 is 11.2. The fourth-order valence-corrected chi connectivity index (χ4v) is 3.36. The minimum absolute atomic E-state index is 0.0794. The van der Waals surface area contributed by atoms with E-state index in [0.717, 1.165) is 17.3 Å². The Kier molecular flexibility index (Phi) is 6.79. The molecule has 0 saturated carbocycles. The Morgan fingerprint density at radius 3 is 2.72 bits per heavy atom. The van der Waals surface area contributed by atoms with Gasteiger partial charge in [0.1, 0.15) is 17.3 Å². The van der Waals surface area contributed by atoms with Crippen molar-refractivity contribution in [2.75, 3.05) is 7.11 Å². The smallest absolute Gasteiger partial charge is 0.342 e. The normalized spacial score (nSPS) is 11.3. The third kappa shape index (κ3) is 5.52. The molecule has 1 heterocycles. The molecule has 1 aromatic heterocycles. The highest BCUT2D eigenvalue weighted by Gasteiger charge is 2.14. The number of ether oxygens (including phenoxy) is 2. The van der Waals surface area contributed by atoms with E-state index in [9.17, 15) is 9.90 Å². The number of aliphatic carboxylic acids is 1. The van der Waals surface area contributed by atoms with Gasteiger partial charge >= 0.3 is 5.97 Å². The molecule has 29 heavy (non-hydrogen) atoms. The summed E-state index contributed by atoms with van der Waals surface area (Å²) in [6.07, 6.45) is 1.53. The Labute approximate surface area is 176 Å². The molecule has 0 spiro atoms. The first-order valence-corrected chi connectivity index (χ1v) is 9.72. The first kappa shape index (κ1) is 20.8. The van der Waals surface area contributed by atoms with Crippen LogP contribution in [0.15, 0.2) is 52.5 Å². The third-order valence-corrected chi connectivity index (χ3v) is 5.06. The number of carboxylic acids is 1. The van der Waals surface area contributed by atoms with Crippen LogP contribution >= 0.6 is 23.4 Å².